The summed E-state index contributed by atoms with van der Waals surface area (Å²) in [6.45, 7) is 4.47. The highest BCUT2D eigenvalue weighted by Gasteiger charge is 2.25. The highest BCUT2D eigenvalue weighted by Crippen LogP contribution is 2.14. The molecule has 0 radical (unpaired) electrons. The molecule has 0 bridgehead atoms. The second-order valence-corrected chi connectivity index (χ2v) is 7.67. The molecule has 29 heavy (non-hydrogen) atoms. The predicted molar refractivity (Wildman–Crippen MR) is 111 cm³/mol. The lowest BCUT2D eigenvalue weighted by Gasteiger charge is -2.32. The van der Waals surface area contributed by atoms with Crippen LogP contribution in [-0.4, -0.2) is 35.8 Å². The molecule has 3 rings (SSSR count). The summed E-state index contributed by atoms with van der Waals surface area (Å²) < 4.78 is 5.42. The van der Waals surface area contributed by atoms with E-state index in [1.54, 1.807) is 17.9 Å². The normalized spacial score (nSPS) is 16.5. The maximum absolute atomic E-state index is 12.7. The van der Waals surface area contributed by atoms with E-state index in [0.29, 0.717) is 30.8 Å². The van der Waals surface area contributed by atoms with E-state index in [1.165, 1.54) is 12.5 Å². The van der Waals surface area contributed by atoms with Gasteiger partial charge in [0.05, 0.1) is 0 Å². The number of benzene rings is 1. The molecular formula is C23H28N2O4. The fourth-order valence-electron chi connectivity index (χ4n) is 3.82. The molecule has 1 saturated heterocycles. The summed E-state index contributed by atoms with van der Waals surface area (Å²) >= 11 is 0. The number of rotatable bonds is 6. The minimum Gasteiger partial charge on any atom is -0.427 e. The molecule has 1 aromatic carbocycles. The van der Waals surface area contributed by atoms with E-state index in [9.17, 15) is 14.4 Å². The first kappa shape index (κ1) is 20.8. The average molecular weight is 396 g/mol. The van der Waals surface area contributed by atoms with Crippen molar-refractivity contribution >= 4 is 11.8 Å². The van der Waals surface area contributed by atoms with E-state index < -0.39 is 11.5 Å². The molecule has 1 N–H and O–H groups in total. The summed E-state index contributed by atoms with van der Waals surface area (Å²) in [7, 11) is 0. The number of piperidine rings is 1. The number of carbonyl (C=O) groups excluding carboxylic acids is 2. The van der Waals surface area contributed by atoms with Crippen molar-refractivity contribution in [1.82, 2.24) is 10.2 Å². The number of likely N-dealkylation sites (tertiary alicyclic amines) is 1. The van der Waals surface area contributed by atoms with Crippen molar-refractivity contribution in [2.24, 2.45) is 0 Å². The van der Waals surface area contributed by atoms with Crippen LogP contribution in [0, 0.1) is 6.92 Å². The largest absolute Gasteiger partial charge is 0.427 e. The zero-order valence-electron chi connectivity index (χ0n) is 17.1. The van der Waals surface area contributed by atoms with Gasteiger partial charge in [0.1, 0.15) is 11.3 Å². The molecule has 2 heterocycles. The van der Waals surface area contributed by atoms with E-state index in [2.05, 4.69) is 17.4 Å². The average Bonchev–Trinajstić information content (AvgIpc) is 2.68. The molecule has 0 saturated carbocycles. The van der Waals surface area contributed by atoms with Crippen molar-refractivity contribution < 1.29 is 14.0 Å². The maximum Gasteiger partial charge on any atom is 0.349 e. The molecule has 1 unspecified atom stereocenters. The van der Waals surface area contributed by atoms with Gasteiger partial charge in [0.2, 0.25) is 5.91 Å². The molecule has 6 nitrogen and oxygen atoms in total. The Bertz CT molecular complexity index is 920. The Balaban J connectivity index is 1.61. The van der Waals surface area contributed by atoms with Crippen LogP contribution in [0.3, 0.4) is 0 Å². The van der Waals surface area contributed by atoms with E-state index in [-0.39, 0.29) is 17.5 Å². The fraction of sp³-hybridized carbons (Fsp3) is 0.435. The van der Waals surface area contributed by atoms with Gasteiger partial charge < -0.3 is 14.6 Å². The van der Waals surface area contributed by atoms with E-state index in [4.69, 9.17) is 4.42 Å². The number of hydrogen-bond acceptors (Lipinski definition) is 4. The first-order chi connectivity index (χ1) is 13.9. The third-order valence-electron chi connectivity index (χ3n) is 5.36. The zero-order valence-corrected chi connectivity index (χ0v) is 17.1. The minimum absolute atomic E-state index is 0.000464. The Labute approximate surface area is 170 Å². The number of aryl methyl sites for hydroxylation is 3. The summed E-state index contributed by atoms with van der Waals surface area (Å²) in [5.41, 5.74) is 1.32. The van der Waals surface area contributed by atoms with Gasteiger partial charge in [-0.3, -0.25) is 9.59 Å². The van der Waals surface area contributed by atoms with E-state index in [1.807, 2.05) is 18.2 Å². The SMILES string of the molecule is CC(=O)N1CCCC(NC(=O)c2c(C)cc(CCCc3ccccc3)oc2=O)C1. The summed E-state index contributed by atoms with van der Waals surface area (Å²) in [5.74, 6) is 0.169. The van der Waals surface area contributed by atoms with Crippen molar-refractivity contribution in [3.8, 4) is 0 Å². The van der Waals surface area contributed by atoms with E-state index >= 15 is 0 Å². The molecule has 6 heteroatoms. The monoisotopic (exact) mass is 396 g/mol. The number of nitrogens with zero attached hydrogens (tertiary/aromatic N) is 1. The second-order valence-electron chi connectivity index (χ2n) is 7.67. The lowest BCUT2D eigenvalue weighted by Crippen LogP contribution is -2.49. The molecule has 1 atom stereocenters. The Hall–Kier alpha value is -2.89. The number of carbonyl (C=O) groups is 2. The first-order valence-electron chi connectivity index (χ1n) is 10.2. The molecule has 154 valence electrons. The van der Waals surface area contributed by atoms with Crippen molar-refractivity contribution in [2.75, 3.05) is 13.1 Å². The number of nitrogens with one attached hydrogen (secondary N) is 1. The van der Waals surface area contributed by atoms with Gasteiger partial charge in [-0.05, 0) is 49.8 Å². The van der Waals surface area contributed by atoms with Crippen LogP contribution in [0.4, 0.5) is 0 Å². The smallest absolute Gasteiger partial charge is 0.349 e. The Morgan fingerprint density at radius 1 is 1.21 bits per heavy atom. The predicted octanol–water partition coefficient (Wildman–Crippen LogP) is 2.86. The van der Waals surface area contributed by atoms with Crippen LogP contribution >= 0.6 is 0 Å². The quantitative estimate of drug-likeness (QED) is 0.814. The van der Waals surface area contributed by atoms with Crippen LogP contribution in [0.15, 0.2) is 45.6 Å². The van der Waals surface area contributed by atoms with Gasteiger partial charge in [-0.2, -0.15) is 0 Å². The molecular weight excluding hydrogens is 368 g/mol. The van der Waals surface area contributed by atoms with Gasteiger partial charge in [0, 0.05) is 32.5 Å². The molecule has 1 fully saturated rings. The minimum atomic E-state index is -0.601. The summed E-state index contributed by atoms with van der Waals surface area (Å²) in [6.07, 6.45) is 4.03. The molecule has 2 amide bonds. The third kappa shape index (κ3) is 5.56. The van der Waals surface area contributed by atoms with Crippen LogP contribution in [-0.2, 0) is 17.6 Å². The van der Waals surface area contributed by atoms with Gasteiger partial charge in [0.25, 0.3) is 5.91 Å². The van der Waals surface area contributed by atoms with Crippen LogP contribution < -0.4 is 10.9 Å². The van der Waals surface area contributed by atoms with Crippen LogP contribution in [0.2, 0.25) is 0 Å². The maximum atomic E-state index is 12.7. The van der Waals surface area contributed by atoms with Crippen LogP contribution in [0.25, 0.3) is 0 Å². The van der Waals surface area contributed by atoms with E-state index in [0.717, 1.165) is 25.7 Å². The number of hydrogen-bond donors (Lipinski definition) is 1. The Morgan fingerprint density at radius 2 is 1.97 bits per heavy atom. The fourth-order valence-corrected chi connectivity index (χ4v) is 3.82. The highest BCUT2D eigenvalue weighted by molar-refractivity contribution is 5.95. The lowest BCUT2D eigenvalue weighted by molar-refractivity contribution is -0.130. The van der Waals surface area contributed by atoms with Crippen molar-refractivity contribution in [2.45, 2.75) is 52.0 Å². The molecule has 1 aromatic heterocycles. The summed E-state index contributed by atoms with van der Waals surface area (Å²) in [5, 5.41) is 2.89. The van der Waals surface area contributed by atoms with Crippen molar-refractivity contribution in [3.05, 3.63) is 69.3 Å². The molecule has 0 spiro atoms. The standard InChI is InChI=1S/C23H28N2O4/c1-16-14-20(12-6-10-18-8-4-3-5-9-18)29-23(28)21(16)22(27)24-19-11-7-13-25(15-19)17(2)26/h3-5,8-9,14,19H,6-7,10-13,15H2,1-2H3,(H,24,27). The van der Waals surface area contributed by atoms with Gasteiger partial charge in [-0.1, -0.05) is 30.3 Å². The third-order valence-corrected chi connectivity index (χ3v) is 5.36. The van der Waals surface area contributed by atoms with Crippen LogP contribution in [0.1, 0.15) is 53.4 Å². The summed E-state index contributed by atoms with van der Waals surface area (Å²) in [4.78, 5) is 38.4. The Morgan fingerprint density at radius 3 is 2.66 bits per heavy atom. The van der Waals surface area contributed by atoms with Gasteiger partial charge in [0.15, 0.2) is 0 Å². The first-order valence-corrected chi connectivity index (χ1v) is 10.2. The molecule has 0 aliphatic carbocycles. The van der Waals surface area contributed by atoms with Gasteiger partial charge >= 0.3 is 5.63 Å². The van der Waals surface area contributed by atoms with Gasteiger partial charge in [-0.15, -0.1) is 0 Å². The zero-order chi connectivity index (χ0) is 20.8. The second kappa shape index (κ2) is 9.54. The summed E-state index contributed by atoms with van der Waals surface area (Å²) in [6, 6.07) is 11.8. The topological polar surface area (TPSA) is 79.6 Å². The molecule has 1 aliphatic heterocycles. The Kier molecular flexibility index (Phi) is 6.86. The highest BCUT2D eigenvalue weighted by atomic mass is 16.4. The van der Waals surface area contributed by atoms with Gasteiger partial charge in [-0.25, -0.2) is 4.79 Å². The van der Waals surface area contributed by atoms with Crippen LogP contribution in [0.5, 0.6) is 0 Å². The lowest BCUT2D eigenvalue weighted by atomic mass is 10.0. The number of amides is 2. The molecule has 2 aromatic rings. The van der Waals surface area contributed by atoms with Crippen molar-refractivity contribution in [1.29, 1.82) is 0 Å². The van der Waals surface area contributed by atoms with Crippen molar-refractivity contribution in [3.63, 3.8) is 0 Å². The molecule has 1 aliphatic rings.